The lowest BCUT2D eigenvalue weighted by Crippen LogP contribution is -2.01. The number of carbonyl (C=O) groups is 1. The Morgan fingerprint density at radius 3 is 2.22 bits per heavy atom. The van der Waals surface area contributed by atoms with E-state index in [9.17, 15) is 9.90 Å². The fraction of sp³-hybridized carbons (Fsp3) is 0.0385. The van der Waals surface area contributed by atoms with E-state index in [0.717, 1.165) is 33.8 Å². The first-order valence-electron chi connectivity index (χ1n) is 10.1. The summed E-state index contributed by atoms with van der Waals surface area (Å²) in [5, 5.41) is 13.6. The Balaban J connectivity index is 1.50. The third kappa shape index (κ3) is 3.94. The lowest BCUT2D eigenvalue weighted by molar-refractivity contribution is 0.0690. The molecule has 0 radical (unpaired) electrons. The second-order valence-electron chi connectivity index (χ2n) is 7.30. The van der Waals surface area contributed by atoms with Gasteiger partial charge in [0.1, 0.15) is 12.4 Å². The molecule has 0 aliphatic rings. The number of aromatic nitrogens is 3. The third-order valence-electron chi connectivity index (χ3n) is 5.11. The van der Waals surface area contributed by atoms with Crippen LogP contribution in [0.5, 0.6) is 5.75 Å². The number of ether oxygens (including phenoxy) is 1. The van der Waals surface area contributed by atoms with Crippen LogP contribution in [0.2, 0.25) is 0 Å². The van der Waals surface area contributed by atoms with Gasteiger partial charge in [-0.2, -0.15) is 5.10 Å². The number of aromatic carboxylic acids is 1. The van der Waals surface area contributed by atoms with Crippen LogP contribution in [0.25, 0.3) is 28.2 Å². The van der Waals surface area contributed by atoms with Crippen LogP contribution in [-0.4, -0.2) is 25.7 Å². The fourth-order valence-corrected chi connectivity index (χ4v) is 3.50. The Hall–Kier alpha value is -4.45. The summed E-state index contributed by atoms with van der Waals surface area (Å²) in [4.78, 5) is 16.1. The topological polar surface area (TPSA) is 76.7 Å². The van der Waals surface area contributed by atoms with Gasteiger partial charge in [0.2, 0.25) is 0 Å². The number of hydrogen-bond donors (Lipinski definition) is 1. The number of fused-ring (bicyclic) bond motifs is 1. The van der Waals surface area contributed by atoms with Crippen LogP contribution in [0.4, 0.5) is 0 Å². The number of benzene rings is 3. The Morgan fingerprint density at radius 1 is 0.844 bits per heavy atom. The second kappa shape index (κ2) is 8.35. The third-order valence-corrected chi connectivity index (χ3v) is 5.11. The maximum absolute atomic E-state index is 11.5. The van der Waals surface area contributed by atoms with Gasteiger partial charge in [0.15, 0.2) is 11.3 Å². The van der Waals surface area contributed by atoms with Crippen molar-refractivity contribution < 1.29 is 14.6 Å². The molecule has 0 fully saturated rings. The van der Waals surface area contributed by atoms with E-state index in [1.807, 2.05) is 91.0 Å². The highest BCUT2D eigenvalue weighted by Gasteiger charge is 2.15. The molecule has 2 aromatic heterocycles. The smallest absolute Gasteiger partial charge is 0.356 e. The van der Waals surface area contributed by atoms with Gasteiger partial charge < -0.3 is 9.84 Å². The Labute approximate surface area is 184 Å². The zero-order valence-corrected chi connectivity index (χ0v) is 17.1. The van der Waals surface area contributed by atoms with Crippen molar-refractivity contribution in [1.82, 2.24) is 14.6 Å². The highest BCUT2D eigenvalue weighted by atomic mass is 16.5. The highest BCUT2D eigenvalue weighted by Crippen LogP contribution is 2.28. The average Bonchev–Trinajstić information content (AvgIpc) is 3.28. The molecule has 32 heavy (non-hydrogen) atoms. The molecule has 5 rings (SSSR count). The molecule has 0 bridgehead atoms. The lowest BCUT2D eigenvalue weighted by atomic mass is 10.1. The van der Waals surface area contributed by atoms with E-state index >= 15 is 0 Å². The molecule has 156 valence electrons. The summed E-state index contributed by atoms with van der Waals surface area (Å²) in [5.41, 5.74) is 4.84. The van der Waals surface area contributed by atoms with Gasteiger partial charge in [0.05, 0.1) is 11.4 Å². The van der Waals surface area contributed by atoms with E-state index in [1.54, 1.807) is 4.52 Å². The Bertz CT molecular complexity index is 1380. The molecule has 1 N–H and O–H groups in total. The van der Waals surface area contributed by atoms with Crippen LogP contribution in [0.1, 0.15) is 16.1 Å². The van der Waals surface area contributed by atoms with Gasteiger partial charge in [0.25, 0.3) is 0 Å². The predicted molar refractivity (Wildman–Crippen MR) is 122 cm³/mol. The molecule has 2 heterocycles. The van der Waals surface area contributed by atoms with Crippen molar-refractivity contribution in [3.8, 4) is 28.3 Å². The zero-order chi connectivity index (χ0) is 21.9. The molecule has 0 aliphatic carbocycles. The molecule has 0 amide bonds. The second-order valence-corrected chi connectivity index (χ2v) is 7.30. The quantitative estimate of drug-likeness (QED) is 0.400. The summed E-state index contributed by atoms with van der Waals surface area (Å²) in [7, 11) is 0. The van der Waals surface area contributed by atoms with Crippen LogP contribution in [0, 0.1) is 0 Å². The van der Waals surface area contributed by atoms with E-state index in [4.69, 9.17) is 4.74 Å². The van der Waals surface area contributed by atoms with Gasteiger partial charge >= 0.3 is 5.97 Å². The van der Waals surface area contributed by atoms with Crippen molar-refractivity contribution in [3.63, 3.8) is 0 Å². The minimum atomic E-state index is -1.09. The standard InChI is InChI=1S/C26H19N3O3/c30-26(31)23-16-25-27-22(15-24(29(25)28-23)20-9-5-2-6-10-20)19-11-13-21(14-12-19)32-17-18-7-3-1-4-8-18/h1-16H,17H2,(H,30,31). The summed E-state index contributed by atoms with van der Waals surface area (Å²) >= 11 is 0. The molecular weight excluding hydrogens is 402 g/mol. The summed E-state index contributed by atoms with van der Waals surface area (Å²) in [6.07, 6.45) is 0. The maximum atomic E-state index is 11.5. The van der Waals surface area contributed by atoms with E-state index in [0.29, 0.717) is 12.3 Å². The average molecular weight is 421 g/mol. The number of rotatable bonds is 6. The van der Waals surface area contributed by atoms with E-state index < -0.39 is 5.97 Å². The molecule has 0 saturated heterocycles. The Kier molecular flexibility index (Phi) is 5.09. The molecule has 0 aliphatic heterocycles. The summed E-state index contributed by atoms with van der Waals surface area (Å²) < 4.78 is 7.45. The van der Waals surface area contributed by atoms with Gasteiger partial charge in [0, 0.05) is 17.2 Å². The van der Waals surface area contributed by atoms with Crippen LogP contribution < -0.4 is 4.74 Å². The molecule has 6 heteroatoms. The minimum Gasteiger partial charge on any atom is -0.489 e. The van der Waals surface area contributed by atoms with Crippen LogP contribution in [-0.2, 0) is 6.61 Å². The first kappa shape index (κ1) is 19.5. The number of nitrogens with zero attached hydrogens (tertiary/aromatic N) is 3. The largest absolute Gasteiger partial charge is 0.489 e. The van der Waals surface area contributed by atoms with Crippen LogP contribution >= 0.6 is 0 Å². The normalized spacial score (nSPS) is 10.9. The monoisotopic (exact) mass is 421 g/mol. The molecule has 3 aromatic carbocycles. The summed E-state index contributed by atoms with van der Waals surface area (Å²) in [5.74, 6) is -0.324. The molecule has 6 nitrogen and oxygen atoms in total. The highest BCUT2D eigenvalue weighted by molar-refractivity contribution is 5.87. The zero-order valence-electron chi connectivity index (χ0n) is 17.1. The van der Waals surface area contributed by atoms with Crippen molar-refractivity contribution >= 4 is 11.6 Å². The first-order chi connectivity index (χ1) is 15.7. The van der Waals surface area contributed by atoms with Crippen LogP contribution in [0.15, 0.2) is 97.1 Å². The SMILES string of the molecule is O=C(O)c1cc2nc(-c3ccc(OCc4ccccc4)cc3)cc(-c3ccccc3)n2n1. The number of hydrogen-bond acceptors (Lipinski definition) is 4. The first-order valence-corrected chi connectivity index (χ1v) is 10.1. The molecule has 0 atom stereocenters. The van der Waals surface area contributed by atoms with Gasteiger partial charge in [-0.1, -0.05) is 60.7 Å². The molecule has 5 aromatic rings. The van der Waals surface area contributed by atoms with E-state index in [2.05, 4.69) is 10.1 Å². The molecule has 0 spiro atoms. The fourth-order valence-electron chi connectivity index (χ4n) is 3.50. The van der Waals surface area contributed by atoms with Crippen molar-refractivity contribution in [2.45, 2.75) is 6.61 Å². The summed E-state index contributed by atoms with van der Waals surface area (Å²) in [6.45, 7) is 0.496. The van der Waals surface area contributed by atoms with Gasteiger partial charge in [-0.05, 0) is 35.9 Å². The van der Waals surface area contributed by atoms with Gasteiger partial charge in [-0.25, -0.2) is 14.3 Å². The van der Waals surface area contributed by atoms with Crippen LogP contribution in [0.3, 0.4) is 0 Å². The van der Waals surface area contributed by atoms with Crippen molar-refractivity contribution in [2.75, 3.05) is 0 Å². The molecular formula is C26H19N3O3. The minimum absolute atomic E-state index is 0.0449. The van der Waals surface area contributed by atoms with E-state index in [1.165, 1.54) is 6.07 Å². The van der Waals surface area contributed by atoms with Crippen molar-refractivity contribution in [3.05, 3.63) is 108 Å². The number of carboxylic acid groups (broad SMARTS) is 1. The predicted octanol–water partition coefficient (Wildman–Crippen LogP) is 5.34. The maximum Gasteiger partial charge on any atom is 0.356 e. The molecule has 0 unspecified atom stereocenters. The van der Waals surface area contributed by atoms with E-state index in [-0.39, 0.29) is 5.69 Å². The Morgan fingerprint density at radius 2 is 1.53 bits per heavy atom. The van der Waals surface area contributed by atoms with Gasteiger partial charge in [-0.15, -0.1) is 0 Å². The summed E-state index contributed by atoms with van der Waals surface area (Å²) in [6, 6.07) is 30.8. The molecule has 0 saturated carbocycles. The number of carboxylic acids is 1. The van der Waals surface area contributed by atoms with Crippen molar-refractivity contribution in [2.24, 2.45) is 0 Å². The van der Waals surface area contributed by atoms with Crippen molar-refractivity contribution in [1.29, 1.82) is 0 Å². The lowest BCUT2D eigenvalue weighted by Gasteiger charge is -2.10. The van der Waals surface area contributed by atoms with Gasteiger partial charge in [-0.3, -0.25) is 0 Å².